The number of halogens is 1. The van der Waals surface area contributed by atoms with E-state index >= 15 is 0 Å². The first-order valence-electron chi connectivity index (χ1n) is 11.4. The van der Waals surface area contributed by atoms with Crippen molar-refractivity contribution in [3.63, 3.8) is 0 Å². The van der Waals surface area contributed by atoms with Gasteiger partial charge in [0.25, 0.3) is 0 Å². The Kier molecular flexibility index (Phi) is 6.76. The second-order valence-electron chi connectivity index (χ2n) is 8.30. The van der Waals surface area contributed by atoms with E-state index in [0.29, 0.717) is 37.2 Å². The van der Waals surface area contributed by atoms with Gasteiger partial charge in [0.2, 0.25) is 5.91 Å². The third-order valence-corrected chi connectivity index (χ3v) is 6.99. The Morgan fingerprint density at radius 3 is 2.37 bits per heavy atom. The Bertz CT molecular complexity index is 1300. The number of anilines is 1. The number of aromatic nitrogens is 4. The Morgan fingerprint density at radius 1 is 0.943 bits per heavy atom. The normalized spacial score (nSPS) is 13.8. The van der Waals surface area contributed by atoms with Crippen LogP contribution in [0.5, 0.6) is 0 Å². The van der Waals surface area contributed by atoms with E-state index in [1.807, 2.05) is 52.8 Å². The summed E-state index contributed by atoms with van der Waals surface area (Å²) >= 11 is 1.39. The van der Waals surface area contributed by atoms with Crippen molar-refractivity contribution in [2.75, 3.05) is 36.8 Å². The zero-order valence-electron chi connectivity index (χ0n) is 19.3. The van der Waals surface area contributed by atoms with Crippen LogP contribution in [-0.2, 0) is 4.79 Å². The molecular weight excluding hydrogens is 463 g/mol. The molecule has 178 valence electrons. The van der Waals surface area contributed by atoms with Gasteiger partial charge in [0.15, 0.2) is 11.0 Å². The molecule has 9 heteroatoms. The van der Waals surface area contributed by atoms with Gasteiger partial charge in [-0.2, -0.15) is 0 Å². The number of rotatable bonds is 6. The van der Waals surface area contributed by atoms with Crippen molar-refractivity contribution < 1.29 is 9.18 Å². The first kappa shape index (κ1) is 23.0. The van der Waals surface area contributed by atoms with Crippen molar-refractivity contribution in [3.05, 3.63) is 84.4 Å². The standard InChI is InChI=1S/C26H25FN6OS/c1-19-4-2-3-5-23(19)33-25(20-10-12-28-13-11-20)29-30-26(33)35-18-24(34)32-16-14-31(15-17-32)22-8-6-21(27)7-9-22/h2-13H,14-18H2,1H3. The molecule has 3 heterocycles. The van der Waals surface area contributed by atoms with Crippen molar-refractivity contribution in [1.29, 1.82) is 0 Å². The number of piperazine rings is 1. The molecule has 1 aliphatic rings. The first-order valence-corrected chi connectivity index (χ1v) is 12.4. The molecular formula is C26H25FN6OS. The minimum atomic E-state index is -0.245. The average Bonchev–Trinajstić information content (AvgIpc) is 3.32. The van der Waals surface area contributed by atoms with Crippen LogP contribution in [0.15, 0.2) is 78.2 Å². The Labute approximate surface area is 207 Å². The lowest BCUT2D eigenvalue weighted by Gasteiger charge is -2.36. The van der Waals surface area contributed by atoms with E-state index in [9.17, 15) is 9.18 Å². The molecule has 2 aromatic heterocycles. The Balaban J connectivity index is 1.29. The number of amides is 1. The summed E-state index contributed by atoms with van der Waals surface area (Å²) in [6, 6.07) is 18.4. The van der Waals surface area contributed by atoms with Gasteiger partial charge >= 0.3 is 0 Å². The highest BCUT2D eigenvalue weighted by Gasteiger charge is 2.23. The SMILES string of the molecule is Cc1ccccc1-n1c(SCC(=O)N2CCN(c3ccc(F)cc3)CC2)nnc1-c1ccncc1. The lowest BCUT2D eigenvalue weighted by molar-refractivity contribution is -0.128. The molecule has 5 rings (SSSR count). The summed E-state index contributed by atoms with van der Waals surface area (Å²) < 4.78 is 15.2. The van der Waals surface area contributed by atoms with Gasteiger partial charge in [0.1, 0.15) is 5.82 Å². The van der Waals surface area contributed by atoms with Crippen LogP contribution in [0.2, 0.25) is 0 Å². The van der Waals surface area contributed by atoms with Gasteiger partial charge in [0.05, 0.1) is 11.4 Å². The summed E-state index contributed by atoms with van der Waals surface area (Å²) in [4.78, 5) is 21.2. The summed E-state index contributed by atoms with van der Waals surface area (Å²) in [6.45, 7) is 4.74. The van der Waals surface area contributed by atoms with E-state index in [4.69, 9.17) is 0 Å². The number of aryl methyl sites for hydroxylation is 1. The summed E-state index contributed by atoms with van der Waals surface area (Å²) in [5.74, 6) is 0.810. The highest BCUT2D eigenvalue weighted by Crippen LogP contribution is 2.29. The molecule has 1 aliphatic heterocycles. The molecule has 0 bridgehead atoms. The fourth-order valence-electron chi connectivity index (χ4n) is 4.17. The van der Waals surface area contributed by atoms with Gasteiger partial charge in [-0.3, -0.25) is 14.3 Å². The second-order valence-corrected chi connectivity index (χ2v) is 9.24. The van der Waals surface area contributed by atoms with Gasteiger partial charge in [-0.1, -0.05) is 30.0 Å². The minimum absolute atomic E-state index is 0.0681. The van der Waals surface area contributed by atoms with Gasteiger partial charge in [-0.05, 0) is 55.0 Å². The van der Waals surface area contributed by atoms with Crippen LogP contribution in [-0.4, -0.2) is 62.5 Å². The van der Waals surface area contributed by atoms with Crippen molar-refractivity contribution >= 4 is 23.4 Å². The first-order chi connectivity index (χ1) is 17.1. The molecule has 1 amide bonds. The number of carbonyl (C=O) groups is 1. The molecule has 0 atom stereocenters. The number of hydrogen-bond donors (Lipinski definition) is 0. The van der Waals surface area contributed by atoms with E-state index in [1.54, 1.807) is 24.5 Å². The monoisotopic (exact) mass is 488 g/mol. The average molecular weight is 489 g/mol. The van der Waals surface area contributed by atoms with Crippen molar-refractivity contribution in [2.45, 2.75) is 12.1 Å². The number of benzene rings is 2. The molecule has 1 fully saturated rings. The van der Waals surface area contributed by atoms with Crippen LogP contribution in [0.4, 0.5) is 10.1 Å². The topological polar surface area (TPSA) is 67.2 Å². The van der Waals surface area contributed by atoms with Crippen molar-refractivity contribution in [1.82, 2.24) is 24.6 Å². The van der Waals surface area contributed by atoms with Gasteiger partial charge in [-0.25, -0.2) is 4.39 Å². The van der Waals surface area contributed by atoms with Gasteiger partial charge in [0, 0.05) is 49.8 Å². The lowest BCUT2D eigenvalue weighted by Crippen LogP contribution is -2.49. The largest absolute Gasteiger partial charge is 0.368 e. The summed E-state index contributed by atoms with van der Waals surface area (Å²) in [5.41, 5.74) is 3.95. The van der Waals surface area contributed by atoms with Crippen LogP contribution in [0, 0.1) is 12.7 Å². The van der Waals surface area contributed by atoms with Gasteiger partial charge < -0.3 is 9.80 Å². The number of hydrogen-bond acceptors (Lipinski definition) is 6. The second kappa shape index (κ2) is 10.3. The molecule has 4 aromatic rings. The Morgan fingerprint density at radius 2 is 1.66 bits per heavy atom. The molecule has 7 nitrogen and oxygen atoms in total. The lowest BCUT2D eigenvalue weighted by atomic mass is 10.2. The summed E-state index contributed by atoms with van der Waals surface area (Å²) in [5, 5.41) is 9.55. The highest BCUT2D eigenvalue weighted by molar-refractivity contribution is 7.99. The maximum atomic E-state index is 13.2. The maximum Gasteiger partial charge on any atom is 0.233 e. The molecule has 0 aliphatic carbocycles. The molecule has 1 saturated heterocycles. The molecule has 0 saturated carbocycles. The smallest absolute Gasteiger partial charge is 0.233 e. The number of carbonyl (C=O) groups excluding carboxylic acids is 1. The fraction of sp³-hybridized carbons (Fsp3) is 0.231. The predicted octanol–water partition coefficient (Wildman–Crippen LogP) is 4.22. The number of pyridine rings is 1. The van der Waals surface area contributed by atoms with E-state index in [2.05, 4.69) is 20.1 Å². The zero-order valence-corrected chi connectivity index (χ0v) is 20.2. The molecule has 0 spiro atoms. The zero-order chi connectivity index (χ0) is 24.2. The third kappa shape index (κ3) is 5.05. The predicted molar refractivity (Wildman–Crippen MR) is 135 cm³/mol. The molecule has 0 radical (unpaired) electrons. The van der Waals surface area contributed by atoms with Crippen LogP contribution in [0.25, 0.3) is 17.1 Å². The van der Waals surface area contributed by atoms with Crippen LogP contribution in [0.1, 0.15) is 5.56 Å². The minimum Gasteiger partial charge on any atom is -0.368 e. The van der Waals surface area contributed by atoms with Crippen LogP contribution in [0.3, 0.4) is 0 Å². The number of nitrogens with zero attached hydrogens (tertiary/aromatic N) is 6. The highest BCUT2D eigenvalue weighted by atomic mass is 32.2. The van der Waals surface area contributed by atoms with Gasteiger partial charge in [-0.15, -0.1) is 10.2 Å². The number of para-hydroxylation sites is 1. The Hall–Kier alpha value is -3.72. The van der Waals surface area contributed by atoms with Crippen molar-refractivity contribution in [2.24, 2.45) is 0 Å². The molecule has 2 aromatic carbocycles. The fourth-order valence-corrected chi connectivity index (χ4v) is 5.01. The van der Waals surface area contributed by atoms with Crippen LogP contribution < -0.4 is 4.90 Å². The van der Waals surface area contributed by atoms with E-state index in [-0.39, 0.29) is 17.5 Å². The van der Waals surface area contributed by atoms with Crippen LogP contribution >= 0.6 is 11.8 Å². The molecule has 35 heavy (non-hydrogen) atoms. The van der Waals surface area contributed by atoms with E-state index in [1.165, 1.54) is 23.9 Å². The molecule has 0 N–H and O–H groups in total. The maximum absolute atomic E-state index is 13.2. The third-order valence-electron chi connectivity index (χ3n) is 6.08. The quantitative estimate of drug-likeness (QED) is 0.379. The number of thioether (sulfide) groups is 1. The molecule has 0 unspecified atom stereocenters. The van der Waals surface area contributed by atoms with E-state index in [0.717, 1.165) is 22.5 Å². The summed E-state index contributed by atoms with van der Waals surface area (Å²) in [6.07, 6.45) is 3.46. The van der Waals surface area contributed by atoms with Crippen molar-refractivity contribution in [3.8, 4) is 17.1 Å². The summed E-state index contributed by atoms with van der Waals surface area (Å²) in [7, 11) is 0. The van der Waals surface area contributed by atoms with E-state index < -0.39 is 0 Å².